The molecule has 0 aliphatic heterocycles. The molecule has 0 saturated carbocycles. The molecule has 2 rings (SSSR count). The molecule has 0 amide bonds. The summed E-state index contributed by atoms with van der Waals surface area (Å²) in [6.45, 7) is 7.30. The Morgan fingerprint density at radius 1 is 1.48 bits per heavy atom. The Balaban J connectivity index is 2.16. The minimum absolute atomic E-state index is 0.326. The number of aromatic amines is 1. The molecule has 0 radical (unpaired) electrons. The van der Waals surface area contributed by atoms with Gasteiger partial charge in [0.25, 0.3) is 10.0 Å². The molecule has 1 atom stereocenters. The molecule has 6 nitrogen and oxygen atoms in total. The van der Waals surface area contributed by atoms with Crippen LogP contribution < -0.4 is 10.0 Å². The average Bonchev–Trinajstić information content (AvgIpc) is 3.05. The molecule has 0 aromatic carbocycles. The molecule has 0 fully saturated rings. The third-order valence-corrected chi connectivity index (χ3v) is 6.40. The van der Waals surface area contributed by atoms with Crippen LogP contribution in [0.3, 0.4) is 0 Å². The first-order valence-electron chi connectivity index (χ1n) is 6.75. The Labute approximate surface area is 129 Å². The maximum Gasteiger partial charge on any atom is 0.250 e. The first kappa shape index (κ1) is 16.2. The number of sulfonamides is 1. The summed E-state index contributed by atoms with van der Waals surface area (Å²) in [6.07, 6.45) is 3.30. The van der Waals surface area contributed by atoms with Crippen molar-refractivity contribution in [2.24, 2.45) is 0 Å². The zero-order chi connectivity index (χ0) is 15.5. The van der Waals surface area contributed by atoms with Crippen molar-refractivity contribution in [2.45, 2.75) is 37.6 Å². The number of nitrogens with one attached hydrogen (secondary N) is 3. The molecular weight excluding hydrogens is 308 g/mol. The molecule has 21 heavy (non-hydrogen) atoms. The lowest BCUT2D eigenvalue weighted by Crippen LogP contribution is -2.26. The van der Waals surface area contributed by atoms with E-state index in [-0.39, 0.29) is 6.04 Å². The molecule has 2 aromatic heterocycles. The Morgan fingerprint density at radius 3 is 2.86 bits per heavy atom. The van der Waals surface area contributed by atoms with Gasteiger partial charge in [0.1, 0.15) is 4.21 Å². The van der Waals surface area contributed by atoms with Crippen LogP contribution >= 0.6 is 11.3 Å². The van der Waals surface area contributed by atoms with E-state index in [1.165, 1.54) is 11.3 Å². The van der Waals surface area contributed by atoms with Crippen molar-refractivity contribution in [3.8, 4) is 0 Å². The van der Waals surface area contributed by atoms with Gasteiger partial charge in [-0.3, -0.25) is 5.10 Å². The van der Waals surface area contributed by atoms with Gasteiger partial charge in [-0.1, -0.05) is 6.92 Å². The Hall–Kier alpha value is -1.22. The van der Waals surface area contributed by atoms with Crippen molar-refractivity contribution in [1.82, 2.24) is 20.2 Å². The fourth-order valence-electron chi connectivity index (χ4n) is 1.89. The zero-order valence-electron chi connectivity index (χ0n) is 12.3. The summed E-state index contributed by atoms with van der Waals surface area (Å²) in [6, 6.07) is 1.40. The lowest BCUT2D eigenvalue weighted by molar-refractivity contribution is 0.569. The van der Waals surface area contributed by atoms with E-state index < -0.39 is 10.0 Å². The fourth-order valence-corrected chi connectivity index (χ4v) is 4.70. The monoisotopic (exact) mass is 328 g/mol. The van der Waals surface area contributed by atoms with Crippen LogP contribution in [0, 0.1) is 6.92 Å². The van der Waals surface area contributed by atoms with Crippen LogP contribution in [0.25, 0.3) is 0 Å². The minimum Gasteiger partial charge on any atom is -0.312 e. The lowest BCUT2D eigenvalue weighted by Gasteiger charge is -2.11. The molecule has 8 heteroatoms. The molecule has 2 heterocycles. The molecular formula is C13H20N4O2S2. The molecule has 3 N–H and O–H groups in total. The van der Waals surface area contributed by atoms with E-state index in [0.29, 0.717) is 10.8 Å². The second kappa shape index (κ2) is 6.69. The van der Waals surface area contributed by atoms with Crippen molar-refractivity contribution in [3.05, 3.63) is 34.5 Å². The van der Waals surface area contributed by atoms with Crippen LogP contribution in [-0.2, 0) is 16.6 Å². The third kappa shape index (κ3) is 3.91. The summed E-state index contributed by atoms with van der Waals surface area (Å²) in [5, 5.41) is 9.73. The third-order valence-electron chi connectivity index (χ3n) is 3.15. The van der Waals surface area contributed by atoms with E-state index in [2.05, 4.69) is 20.2 Å². The van der Waals surface area contributed by atoms with Gasteiger partial charge < -0.3 is 5.32 Å². The van der Waals surface area contributed by atoms with Crippen LogP contribution in [0.4, 0.5) is 0 Å². The second-order valence-corrected chi connectivity index (χ2v) is 7.90. The van der Waals surface area contributed by atoms with E-state index in [4.69, 9.17) is 0 Å². The van der Waals surface area contributed by atoms with Crippen molar-refractivity contribution in [1.29, 1.82) is 0 Å². The van der Waals surface area contributed by atoms with Crippen LogP contribution in [0.2, 0.25) is 0 Å². The number of rotatable bonds is 7. The lowest BCUT2D eigenvalue weighted by atomic mass is 10.2. The van der Waals surface area contributed by atoms with Gasteiger partial charge in [0, 0.05) is 29.2 Å². The predicted molar refractivity (Wildman–Crippen MR) is 83.8 cm³/mol. The summed E-state index contributed by atoms with van der Waals surface area (Å²) in [5.74, 6) is 0. The predicted octanol–water partition coefficient (Wildman–Crippen LogP) is 1.93. The summed E-state index contributed by atoms with van der Waals surface area (Å²) in [5.41, 5.74) is 1.80. The maximum absolute atomic E-state index is 12.4. The Bertz CT molecular complexity index is 677. The SMILES string of the molecule is CCNCc1sc(S(=O)(=O)NC(C)c2cn[nH]c2)cc1C. The molecule has 2 aromatic rings. The normalized spacial score (nSPS) is 13.5. The average molecular weight is 328 g/mol. The van der Waals surface area contributed by atoms with Crippen molar-refractivity contribution in [3.63, 3.8) is 0 Å². The highest BCUT2D eigenvalue weighted by Gasteiger charge is 2.22. The van der Waals surface area contributed by atoms with Crippen LogP contribution in [-0.4, -0.2) is 25.2 Å². The molecule has 0 spiro atoms. The van der Waals surface area contributed by atoms with Crippen molar-refractivity contribution in [2.75, 3.05) is 6.54 Å². The number of thiophene rings is 1. The van der Waals surface area contributed by atoms with Crippen LogP contribution in [0.15, 0.2) is 22.7 Å². The van der Waals surface area contributed by atoms with Crippen LogP contribution in [0.5, 0.6) is 0 Å². The van der Waals surface area contributed by atoms with E-state index >= 15 is 0 Å². The second-order valence-electron chi connectivity index (χ2n) is 4.83. The van der Waals surface area contributed by atoms with E-state index in [1.807, 2.05) is 13.8 Å². The highest BCUT2D eigenvalue weighted by Crippen LogP contribution is 2.27. The van der Waals surface area contributed by atoms with E-state index in [1.54, 1.807) is 25.4 Å². The minimum atomic E-state index is -3.51. The summed E-state index contributed by atoms with van der Waals surface area (Å²) >= 11 is 1.31. The zero-order valence-corrected chi connectivity index (χ0v) is 13.9. The number of H-pyrrole nitrogens is 1. The molecule has 0 saturated heterocycles. The van der Waals surface area contributed by atoms with E-state index in [9.17, 15) is 8.42 Å². The standard InChI is InChI=1S/C13H20N4O2S2/c1-4-14-8-12-9(2)5-13(20-12)21(18,19)17-10(3)11-6-15-16-7-11/h5-7,10,14,17H,4,8H2,1-3H3,(H,15,16). The first-order valence-corrected chi connectivity index (χ1v) is 9.05. The number of hydrogen-bond donors (Lipinski definition) is 3. The number of aryl methyl sites for hydroxylation is 1. The fraction of sp³-hybridized carbons (Fsp3) is 0.462. The van der Waals surface area contributed by atoms with Gasteiger partial charge in [0.2, 0.25) is 0 Å². The largest absolute Gasteiger partial charge is 0.312 e. The summed E-state index contributed by atoms with van der Waals surface area (Å²) in [7, 11) is -3.51. The van der Waals surface area contributed by atoms with Gasteiger partial charge in [-0.2, -0.15) is 5.10 Å². The summed E-state index contributed by atoms with van der Waals surface area (Å²) < 4.78 is 27.9. The van der Waals surface area contributed by atoms with Gasteiger partial charge in [-0.05, 0) is 32.0 Å². The number of nitrogens with zero attached hydrogens (tertiary/aromatic N) is 1. The molecule has 0 aliphatic carbocycles. The number of aromatic nitrogens is 2. The highest BCUT2D eigenvalue weighted by molar-refractivity contribution is 7.91. The van der Waals surface area contributed by atoms with Crippen molar-refractivity contribution >= 4 is 21.4 Å². The molecule has 1 unspecified atom stereocenters. The van der Waals surface area contributed by atoms with E-state index in [0.717, 1.165) is 22.5 Å². The van der Waals surface area contributed by atoms with Gasteiger partial charge >= 0.3 is 0 Å². The first-order chi connectivity index (χ1) is 9.94. The Morgan fingerprint density at radius 2 is 2.24 bits per heavy atom. The topological polar surface area (TPSA) is 86.9 Å². The quantitative estimate of drug-likeness (QED) is 0.725. The summed E-state index contributed by atoms with van der Waals surface area (Å²) in [4.78, 5) is 1.05. The smallest absolute Gasteiger partial charge is 0.250 e. The van der Waals surface area contributed by atoms with Gasteiger partial charge in [0.05, 0.1) is 6.20 Å². The van der Waals surface area contributed by atoms with Crippen molar-refractivity contribution < 1.29 is 8.42 Å². The van der Waals surface area contributed by atoms with Gasteiger partial charge in [0.15, 0.2) is 0 Å². The van der Waals surface area contributed by atoms with Crippen LogP contribution in [0.1, 0.15) is 35.9 Å². The Kier molecular flexibility index (Phi) is 5.15. The van der Waals surface area contributed by atoms with Gasteiger partial charge in [-0.25, -0.2) is 13.1 Å². The number of hydrogen-bond acceptors (Lipinski definition) is 5. The maximum atomic E-state index is 12.4. The molecule has 0 bridgehead atoms. The van der Waals surface area contributed by atoms with Gasteiger partial charge in [-0.15, -0.1) is 11.3 Å². The highest BCUT2D eigenvalue weighted by atomic mass is 32.2. The molecule has 116 valence electrons. The molecule has 0 aliphatic rings.